The maximum atomic E-state index is 12.4. The fourth-order valence-corrected chi connectivity index (χ4v) is 2.53. The Morgan fingerprint density at radius 3 is 2.36 bits per heavy atom. The summed E-state index contributed by atoms with van der Waals surface area (Å²) in [5.74, 6) is -0.0669. The Labute approximate surface area is 152 Å². The standard InChI is InChI=1S/C19H21ClN2O3/c1-12-5-7-15(8-6-12)22(14(3)23)11-19(24)21-17-9-13(2)16(20)10-18(17)25-4/h5-10H,11H2,1-4H3,(H,21,24). The van der Waals surface area contributed by atoms with E-state index in [0.717, 1.165) is 11.1 Å². The summed E-state index contributed by atoms with van der Waals surface area (Å²) in [5, 5.41) is 3.33. The quantitative estimate of drug-likeness (QED) is 0.878. The van der Waals surface area contributed by atoms with Crippen molar-refractivity contribution >= 4 is 34.8 Å². The van der Waals surface area contributed by atoms with Crippen LogP contribution in [0.3, 0.4) is 0 Å². The molecule has 2 amide bonds. The van der Waals surface area contributed by atoms with Crippen molar-refractivity contribution in [3.63, 3.8) is 0 Å². The largest absolute Gasteiger partial charge is 0.495 e. The van der Waals surface area contributed by atoms with E-state index in [9.17, 15) is 9.59 Å². The van der Waals surface area contributed by atoms with Gasteiger partial charge in [0, 0.05) is 23.7 Å². The van der Waals surface area contributed by atoms with Crippen molar-refractivity contribution in [3.8, 4) is 5.75 Å². The van der Waals surface area contributed by atoms with Gasteiger partial charge in [-0.2, -0.15) is 0 Å². The molecule has 0 aliphatic rings. The van der Waals surface area contributed by atoms with Crippen molar-refractivity contribution in [3.05, 3.63) is 52.5 Å². The highest BCUT2D eigenvalue weighted by Crippen LogP contribution is 2.31. The number of hydrogen-bond acceptors (Lipinski definition) is 3. The van der Waals surface area contributed by atoms with Crippen LogP contribution in [-0.4, -0.2) is 25.5 Å². The van der Waals surface area contributed by atoms with Crippen LogP contribution in [0.4, 0.5) is 11.4 Å². The van der Waals surface area contributed by atoms with Gasteiger partial charge in [-0.15, -0.1) is 0 Å². The number of rotatable bonds is 5. The van der Waals surface area contributed by atoms with E-state index in [-0.39, 0.29) is 18.4 Å². The molecule has 0 fully saturated rings. The number of anilines is 2. The van der Waals surface area contributed by atoms with Gasteiger partial charge in [0.05, 0.1) is 12.8 Å². The number of ether oxygens (including phenoxy) is 1. The fraction of sp³-hybridized carbons (Fsp3) is 0.263. The summed E-state index contributed by atoms with van der Waals surface area (Å²) in [5.41, 5.74) is 3.09. The molecule has 0 saturated carbocycles. The van der Waals surface area contributed by atoms with Gasteiger partial charge in [-0.05, 0) is 37.6 Å². The Bertz CT molecular complexity index is 788. The van der Waals surface area contributed by atoms with Crippen LogP contribution in [0.15, 0.2) is 36.4 Å². The highest BCUT2D eigenvalue weighted by molar-refractivity contribution is 6.31. The minimum Gasteiger partial charge on any atom is -0.495 e. The van der Waals surface area contributed by atoms with Crippen LogP contribution in [0.1, 0.15) is 18.1 Å². The molecule has 132 valence electrons. The maximum absolute atomic E-state index is 12.4. The molecule has 6 heteroatoms. The van der Waals surface area contributed by atoms with Gasteiger partial charge in [0.25, 0.3) is 0 Å². The molecule has 0 aliphatic heterocycles. The average Bonchev–Trinajstić information content (AvgIpc) is 2.56. The smallest absolute Gasteiger partial charge is 0.244 e. The van der Waals surface area contributed by atoms with Gasteiger partial charge in [-0.25, -0.2) is 0 Å². The zero-order valence-electron chi connectivity index (χ0n) is 14.7. The molecular formula is C19H21ClN2O3. The molecule has 0 bridgehead atoms. The minimum absolute atomic E-state index is 0.0940. The lowest BCUT2D eigenvalue weighted by Gasteiger charge is -2.21. The number of hydrogen-bond donors (Lipinski definition) is 1. The molecule has 0 aromatic heterocycles. The zero-order chi connectivity index (χ0) is 18.6. The van der Waals surface area contributed by atoms with Gasteiger partial charge < -0.3 is 15.0 Å². The van der Waals surface area contributed by atoms with Crippen LogP contribution < -0.4 is 15.0 Å². The molecule has 0 aliphatic carbocycles. The lowest BCUT2D eigenvalue weighted by molar-refractivity contribution is -0.120. The molecule has 0 saturated heterocycles. The average molecular weight is 361 g/mol. The predicted molar refractivity (Wildman–Crippen MR) is 101 cm³/mol. The van der Waals surface area contributed by atoms with Gasteiger partial charge in [0.15, 0.2) is 0 Å². The van der Waals surface area contributed by atoms with E-state index in [1.54, 1.807) is 12.1 Å². The monoisotopic (exact) mass is 360 g/mol. The van der Waals surface area contributed by atoms with Gasteiger partial charge in [0.1, 0.15) is 12.3 Å². The summed E-state index contributed by atoms with van der Waals surface area (Å²) in [6, 6.07) is 10.8. The number of benzene rings is 2. The Morgan fingerprint density at radius 1 is 1.16 bits per heavy atom. The van der Waals surface area contributed by atoms with E-state index in [0.29, 0.717) is 22.1 Å². The van der Waals surface area contributed by atoms with Crippen LogP contribution in [-0.2, 0) is 9.59 Å². The molecule has 1 N–H and O–H groups in total. The first-order valence-corrected chi connectivity index (χ1v) is 8.18. The van der Waals surface area contributed by atoms with Crippen LogP contribution >= 0.6 is 11.6 Å². The second kappa shape index (κ2) is 8.03. The molecule has 25 heavy (non-hydrogen) atoms. The Kier molecular flexibility index (Phi) is 6.04. The normalized spacial score (nSPS) is 10.3. The third kappa shape index (κ3) is 4.73. The van der Waals surface area contributed by atoms with Crippen molar-refractivity contribution in [1.29, 1.82) is 0 Å². The number of nitrogens with zero attached hydrogens (tertiary/aromatic N) is 1. The second-order valence-corrected chi connectivity index (χ2v) is 6.20. The van der Waals surface area contributed by atoms with Crippen LogP contribution in [0.25, 0.3) is 0 Å². The molecule has 0 spiro atoms. The van der Waals surface area contributed by atoms with E-state index >= 15 is 0 Å². The van der Waals surface area contributed by atoms with Gasteiger partial charge in [0.2, 0.25) is 11.8 Å². The highest BCUT2D eigenvalue weighted by atomic mass is 35.5. The number of carbonyl (C=O) groups excluding carboxylic acids is 2. The molecule has 0 heterocycles. The van der Waals surface area contributed by atoms with Crippen molar-refractivity contribution in [2.75, 3.05) is 23.9 Å². The van der Waals surface area contributed by atoms with E-state index in [2.05, 4.69) is 5.32 Å². The summed E-state index contributed by atoms with van der Waals surface area (Å²) in [4.78, 5) is 25.8. The number of halogens is 1. The molecule has 5 nitrogen and oxygen atoms in total. The van der Waals surface area contributed by atoms with Gasteiger partial charge in [-0.1, -0.05) is 29.3 Å². The number of methoxy groups -OCH3 is 1. The van der Waals surface area contributed by atoms with Crippen molar-refractivity contribution in [2.24, 2.45) is 0 Å². The summed E-state index contributed by atoms with van der Waals surface area (Å²) < 4.78 is 5.25. The number of carbonyl (C=O) groups is 2. The Balaban J connectivity index is 2.18. The third-order valence-electron chi connectivity index (χ3n) is 3.78. The number of aryl methyl sites for hydroxylation is 2. The lowest BCUT2D eigenvalue weighted by atomic mass is 10.2. The molecule has 2 aromatic rings. The van der Waals surface area contributed by atoms with Crippen molar-refractivity contribution in [2.45, 2.75) is 20.8 Å². The Hall–Kier alpha value is -2.53. The first-order valence-electron chi connectivity index (χ1n) is 7.80. The van der Waals surface area contributed by atoms with Crippen LogP contribution in [0.5, 0.6) is 5.75 Å². The first kappa shape index (κ1) is 18.8. The minimum atomic E-state index is -0.323. The molecule has 2 rings (SSSR count). The maximum Gasteiger partial charge on any atom is 0.244 e. The Morgan fingerprint density at radius 2 is 1.80 bits per heavy atom. The summed E-state index contributed by atoms with van der Waals surface area (Å²) >= 11 is 6.07. The van der Waals surface area contributed by atoms with Crippen molar-refractivity contribution < 1.29 is 14.3 Å². The first-order chi connectivity index (χ1) is 11.8. The van der Waals surface area contributed by atoms with Crippen molar-refractivity contribution in [1.82, 2.24) is 0 Å². The van der Waals surface area contributed by atoms with E-state index in [1.165, 1.54) is 18.9 Å². The lowest BCUT2D eigenvalue weighted by Crippen LogP contribution is -2.36. The second-order valence-electron chi connectivity index (χ2n) is 5.79. The molecule has 0 unspecified atom stereocenters. The van der Waals surface area contributed by atoms with E-state index < -0.39 is 0 Å². The zero-order valence-corrected chi connectivity index (χ0v) is 15.5. The molecule has 2 aromatic carbocycles. The van der Waals surface area contributed by atoms with E-state index in [4.69, 9.17) is 16.3 Å². The number of nitrogens with one attached hydrogen (secondary N) is 1. The summed E-state index contributed by atoms with van der Waals surface area (Å²) in [6.45, 7) is 5.14. The fourth-order valence-electron chi connectivity index (χ4n) is 2.37. The predicted octanol–water partition coefficient (Wildman–Crippen LogP) is 3.96. The summed E-state index contributed by atoms with van der Waals surface area (Å²) in [7, 11) is 1.50. The van der Waals surface area contributed by atoms with Gasteiger partial charge >= 0.3 is 0 Å². The van der Waals surface area contributed by atoms with Crippen LogP contribution in [0.2, 0.25) is 5.02 Å². The highest BCUT2D eigenvalue weighted by Gasteiger charge is 2.17. The third-order valence-corrected chi connectivity index (χ3v) is 4.19. The topological polar surface area (TPSA) is 58.6 Å². The van der Waals surface area contributed by atoms with Crippen LogP contribution in [0, 0.1) is 13.8 Å². The number of amides is 2. The van der Waals surface area contributed by atoms with E-state index in [1.807, 2.05) is 38.1 Å². The molecule has 0 radical (unpaired) electrons. The molecular weight excluding hydrogens is 340 g/mol. The summed E-state index contributed by atoms with van der Waals surface area (Å²) in [6.07, 6.45) is 0. The molecule has 0 atom stereocenters. The SMILES string of the molecule is COc1cc(Cl)c(C)cc1NC(=O)CN(C(C)=O)c1ccc(C)cc1. The van der Waals surface area contributed by atoms with Gasteiger partial charge in [-0.3, -0.25) is 9.59 Å².